The molecule has 0 amide bonds. The Morgan fingerprint density at radius 1 is 1.29 bits per heavy atom. The standard InChI is InChI=1S/C18H25N3/c1-3-21-13-12-20-17(21)14-16(19-2)18(10-7-11-18)15-8-5-4-6-9-15/h4-6,8-9,12-13,16,19H,3,7,10-11,14H2,1-2H3. The van der Waals surface area contributed by atoms with Crippen LogP contribution >= 0.6 is 0 Å². The summed E-state index contributed by atoms with van der Waals surface area (Å²) in [5.74, 6) is 1.19. The summed E-state index contributed by atoms with van der Waals surface area (Å²) in [6.45, 7) is 3.17. The van der Waals surface area contributed by atoms with E-state index < -0.39 is 0 Å². The van der Waals surface area contributed by atoms with Crippen molar-refractivity contribution in [2.75, 3.05) is 7.05 Å². The van der Waals surface area contributed by atoms with Gasteiger partial charge in [-0.05, 0) is 32.4 Å². The van der Waals surface area contributed by atoms with Crippen LogP contribution in [0.5, 0.6) is 0 Å². The number of hydrogen-bond donors (Lipinski definition) is 1. The minimum absolute atomic E-state index is 0.278. The van der Waals surface area contributed by atoms with Crippen LogP contribution in [-0.2, 0) is 18.4 Å². The van der Waals surface area contributed by atoms with Crippen molar-refractivity contribution in [1.82, 2.24) is 14.9 Å². The molecule has 21 heavy (non-hydrogen) atoms. The van der Waals surface area contributed by atoms with Gasteiger partial charge in [-0.15, -0.1) is 0 Å². The second-order valence-corrected chi connectivity index (χ2v) is 6.05. The Morgan fingerprint density at radius 3 is 2.62 bits per heavy atom. The number of nitrogens with one attached hydrogen (secondary N) is 1. The summed E-state index contributed by atoms with van der Waals surface area (Å²) in [7, 11) is 2.09. The van der Waals surface area contributed by atoms with Crippen LogP contribution in [0.4, 0.5) is 0 Å². The molecular formula is C18H25N3. The quantitative estimate of drug-likeness (QED) is 0.882. The van der Waals surface area contributed by atoms with E-state index in [0.29, 0.717) is 6.04 Å². The highest BCUT2D eigenvalue weighted by molar-refractivity contribution is 5.31. The van der Waals surface area contributed by atoms with Crippen LogP contribution in [0.3, 0.4) is 0 Å². The lowest BCUT2D eigenvalue weighted by Gasteiger charge is -2.48. The average Bonchev–Trinajstić information content (AvgIpc) is 2.93. The Labute approximate surface area is 127 Å². The summed E-state index contributed by atoms with van der Waals surface area (Å²) in [4.78, 5) is 4.56. The first-order chi connectivity index (χ1) is 10.3. The van der Waals surface area contributed by atoms with E-state index in [2.05, 4.69) is 65.4 Å². The molecule has 1 saturated carbocycles. The molecule has 0 spiro atoms. The maximum Gasteiger partial charge on any atom is 0.110 e. The van der Waals surface area contributed by atoms with Gasteiger partial charge < -0.3 is 9.88 Å². The minimum atomic E-state index is 0.278. The molecule has 1 aliphatic carbocycles. The lowest BCUT2D eigenvalue weighted by molar-refractivity contribution is 0.171. The van der Waals surface area contributed by atoms with Crippen molar-refractivity contribution in [1.29, 1.82) is 0 Å². The van der Waals surface area contributed by atoms with Gasteiger partial charge in [0.25, 0.3) is 0 Å². The highest BCUT2D eigenvalue weighted by atomic mass is 15.1. The number of hydrogen-bond acceptors (Lipinski definition) is 2. The first kappa shape index (κ1) is 14.3. The van der Waals surface area contributed by atoms with Crippen LogP contribution in [0.1, 0.15) is 37.6 Å². The molecule has 0 bridgehead atoms. The summed E-state index contributed by atoms with van der Waals surface area (Å²) < 4.78 is 2.25. The van der Waals surface area contributed by atoms with Crippen molar-refractivity contribution >= 4 is 0 Å². The van der Waals surface area contributed by atoms with Crippen molar-refractivity contribution < 1.29 is 0 Å². The lowest BCUT2D eigenvalue weighted by atomic mass is 9.59. The van der Waals surface area contributed by atoms with E-state index in [4.69, 9.17) is 0 Å². The van der Waals surface area contributed by atoms with Crippen LogP contribution < -0.4 is 5.32 Å². The van der Waals surface area contributed by atoms with Crippen LogP contribution in [0.15, 0.2) is 42.7 Å². The molecule has 0 aliphatic heterocycles. The molecule has 1 aromatic carbocycles. The van der Waals surface area contributed by atoms with Gasteiger partial charge in [0.05, 0.1) is 0 Å². The molecule has 3 rings (SSSR count). The largest absolute Gasteiger partial charge is 0.335 e. The molecule has 0 radical (unpaired) electrons. The molecule has 1 atom stereocenters. The predicted molar refractivity (Wildman–Crippen MR) is 86.4 cm³/mol. The number of likely N-dealkylation sites (N-methyl/N-ethyl adjacent to an activating group) is 1. The zero-order valence-corrected chi connectivity index (χ0v) is 13.0. The first-order valence-electron chi connectivity index (χ1n) is 8.03. The zero-order valence-electron chi connectivity index (χ0n) is 13.0. The van der Waals surface area contributed by atoms with Crippen LogP contribution in [0.2, 0.25) is 0 Å². The molecule has 3 heteroatoms. The van der Waals surface area contributed by atoms with Crippen LogP contribution in [0, 0.1) is 0 Å². The van der Waals surface area contributed by atoms with E-state index in [1.807, 2.05) is 6.20 Å². The maximum atomic E-state index is 4.56. The second-order valence-electron chi connectivity index (χ2n) is 6.05. The molecule has 1 aromatic heterocycles. The van der Waals surface area contributed by atoms with Crippen molar-refractivity contribution in [3.63, 3.8) is 0 Å². The number of aryl methyl sites for hydroxylation is 1. The Kier molecular flexibility index (Phi) is 4.11. The fraction of sp³-hybridized carbons (Fsp3) is 0.500. The summed E-state index contributed by atoms with van der Waals surface area (Å²) >= 11 is 0. The summed E-state index contributed by atoms with van der Waals surface area (Å²) in [5, 5.41) is 3.58. The highest BCUT2D eigenvalue weighted by Gasteiger charge is 2.45. The number of benzene rings is 1. The minimum Gasteiger partial charge on any atom is -0.335 e. The molecule has 3 nitrogen and oxygen atoms in total. The van der Waals surface area contributed by atoms with Crippen molar-refractivity contribution in [3.8, 4) is 0 Å². The molecule has 112 valence electrons. The molecule has 1 N–H and O–H groups in total. The smallest absolute Gasteiger partial charge is 0.110 e. The van der Waals surface area contributed by atoms with Gasteiger partial charge >= 0.3 is 0 Å². The number of nitrogens with zero attached hydrogens (tertiary/aromatic N) is 2. The summed E-state index contributed by atoms with van der Waals surface area (Å²) in [6.07, 6.45) is 8.87. The SMILES string of the molecule is CCn1ccnc1CC(NC)C1(c2ccccc2)CCC1. The van der Waals surface area contributed by atoms with E-state index in [-0.39, 0.29) is 5.41 Å². The normalized spacial score (nSPS) is 18.2. The van der Waals surface area contributed by atoms with Crippen molar-refractivity contribution in [3.05, 3.63) is 54.1 Å². The van der Waals surface area contributed by atoms with E-state index in [9.17, 15) is 0 Å². The predicted octanol–water partition coefficient (Wildman–Crippen LogP) is 3.16. The summed E-state index contributed by atoms with van der Waals surface area (Å²) in [6, 6.07) is 11.4. The Bertz CT molecular complexity index is 569. The fourth-order valence-electron chi connectivity index (χ4n) is 3.74. The molecule has 1 fully saturated rings. The Morgan fingerprint density at radius 2 is 2.05 bits per heavy atom. The maximum absolute atomic E-state index is 4.56. The van der Waals surface area contributed by atoms with Crippen LogP contribution in [0.25, 0.3) is 0 Å². The van der Waals surface area contributed by atoms with Gasteiger partial charge in [-0.1, -0.05) is 36.8 Å². The lowest BCUT2D eigenvalue weighted by Crippen LogP contribution is -2.53. The van der Waals surface area contributed by atoms with Gasteiger partial charge in [-0.25, -0.2) is 4.98 Å². The van der Waals surface area contributed by atoms with Gasteiger partial charge in [0.15, 0.2) is 0 Å². The van der Waals surface area contributed by atoms with Crippen molar-refractivity contribution in [2.45, 2.75) is 50.6 Å². The third kappa shape index (κ3) is 2.51. The number of aromatic nitrogens is 2. The molecule has 1 aliphatic rings. The Hall–Kier alpha value is -1.61. The van der Waals surface area contributed by atoms with Gasteiger partial charge in [-0.2, -0.15) is 0 Å². The van der Waals surface area contributed by atoms with Gasteiger partial charge in [0, 0.05) is 36.8 Å². The van der Waals surface area contributed by atoms with E-state index in [1.165, 1.54) is 30.7 Å². The number of rotatable bonds is 6. The van der Waals surface area contributed by atoms with Crippen LogP contribution in [-0.4, -0.2) is 22.6 Å². The third-order valence-electron chi connectivity index (χ3n) is 5.14. The fourth-order valence-corrected chi connectivity index (χ4v) is 3.74. The first-order valence-corrected chi connectivity index (χ1v) is 8.03. The highest BCUT2D eigenvalue weighted by Crippen LogP contribution is 2.47. The van der Waals surface area contributed by atoms with E-state index in [1.54, 1.807) is 0 Å². The van der Waals surface area contributed by atoms with Gasteiger partial charge in [0.1, 0.15) is 5.82 Å². The summed E-state index contributed by atoms with van der Waals surface area (Å²) in [5.41, 5.74) is 1.76. The topological polar surface area (TPSA) is 29.9 Å². The third-order valence-corrected chi connectivity index (χ3v) is 5.14. The molecular weight excluding hydrogens is 258 g/mol. The monoisotopic (exact) mass is 283 g/mol. The average molecular weight is 283 g/mol. The molecule has 2 aromatic rings. The second kappa shape index (κ2) is 6.02. The van der Waals surface area contributed by atoms with Crippen molar-refractivity contribution in [2.24, 2.45) is 0 Å². The molecule has 0 saturated heterocycles. The molecule has 1 unspecified atom stereocenters. The number of imidazole rings is 1. The van der Waals surface area contributed by atoms with Gasteiger partial charge in [0.2, 0.25) is 0 Å². The Balaban J connectivity index is 1.88. The zero-order chi connectivity index (χ0) is 14.7. The van der Waals surface area contributed by atoms with Gasteiger partial charge in [-0.3, -0.25) is 0 Å². The van der Waals surface area contributed by atoms with E-state index in [0.717, 1.165) is 13.0 Å². The molecule has 1 heterocycles. The van der Waals surface area contributed by atoms with E-state index >= 15 is 0 Å².